The molecule has 5 nitrogen and oxygen atoms in total. The van der Waals surface area contributed by atoms with E-state index in [2.05, 4.69) is 10.3 Å². The van der Waals surface area contributed by atoms with Crippen LogP contribution in [-0.2, 0) is 4.74 Å². The first kappa shape index (κ1) is 17.2. The molecule has 0 radical (unpaired) electrons. The Kier molecular flexibility index (Phi) is 5.05. The van der Waals surface area contributed by atoms with Gasteiger partial charge in [-0.2, -0.15) is 0 Å². The van der Waals surface area contributed by atoms with Gasteiger partial charge in [0.15, 0.2) is 5.13 Å². The predicted octanol–water partition coefficient (Wildman–Crippen LogP) is 5.09. The number of halogens is 2. The number of nitrogens with one attached hydrogen (secondary N) is 1. The molecule has 0 aliphatic carbocycles. The minimum atomic E-state index is -0.391. The number of esters is 1. The standard InChI is InChI=1S/C15H10Cl2N2O3S2/c1-2-22-14(21)7-3-4-9-10(5-7)23-15(18-9)19-13(20)8-6-11(16)24-12(8)17/h3-6H,2H2,1H3,(H,18,19,20). The first-order valence-electron chi connectivity index (χ1n) is 6.82. The first-order valence-corrected chi connectivity index (χ1v) is 9.20. The molecule has 3 aromatic rings. The fourth-order valence-electron chi connectivity index (χ4n) is 1.98. The van der Waals surface area contributed by atoms with Gasteiger partial charge in [0.05, 0.1) is 32.3 Å². The second-order valence-corrected chi connectivity index (χ2v) is 7.93. The van der Waals surface area contributed by atoms with Crippen LogP contribution in [0.3, 0.4) is 0 Å². The predicted molar refractivity (Wildman–Crippen MR) is 97.9 cm³/mol. The Labute approximate surface area is 155 Å². The number of carbonyl (C=O) groups is 2. The molecule has 0 fully saturated rings. The molecule has 0 saturated carbocycles. The van der Waals surface area contributed by atoms with Crippen LogP contribution in [0.4, 0.5) is 5.13 Å². The average molecular weight is 401 g/mol. The van der Waals surface area contributed by atoms with E-state index in [1.807, 2.05) is 0 Å². The minimum Gasteiger partial charge on any atom is -0.462 e. The summed E-state index contributed by atoms with van der Waals surface area (Å²) in [6.07, 6.45) is 0. The monoisotopic (exact) mass is 400 g/mol. The normalized spacial score (nSPS) is 10.8. The van der Waals surface area contributed by atoms with Crippen LogP contribution in [0.1, 0.15) is 27.6 Å². The van der Waals surface area contributed by atoms with Gasteiger partial charge in [0.1, 0.15) is 4.34 Å². The Morgan fingerprint density at radius 1 is 1.25 bits per heavy atom. The Hall–Kier alpha value is -1.67. The number of aromatic nitrogens is 1. The van der Waals surface area contributed by atoms with Gasteiger partial charge in [-0.1, -0.05) is 34.5 Å². The molecule has 1 N–H and O–H groups in total. The summed E-state index contributed by atoms with van der Waals surface area (Å²) < 4.78 is 6.50. The van der Waals surface area contributed by atoms with Gasteiger partial charge in [0, 0.05) is 0 Å². The van der Waals surface area contributed by atoms with E-state index in [0.717, 1.165) is 16.0 Å². The largest absolute Gasteiger partial charge is 0.462 e. The number of amides is 1. The highest BCUT2D eigenvalue weighted by atomic mass is 35.5. The summed E-state index contributed by atoms with van der Waals surface area (Å²) in [5.41, 5.74) is 1.43. The zero-order chi connectivity index (χ0) is 17.3. The van der Waals surface area contributed by atoms with Crippen molar-refractivity contribution in [3.8, 4) is 0 Å². The zero-order valence-corrected chi connectivity index (χ0v) is 15.4. The lowest BCUT2D eigenvalue weighted by atomic mass is 10.2. The molecule has 0 aliphatic rings. The van der Waals surface area contributed by atoms with Crippen LogP contribution < -0.4 is 5.32 Å². The van der Waals surface area contributed by atoms with Crippen molar-refractivity contribution in [1.82, 2.24) is 4.98 Å². The van der Waals surface area contributed by atoms with Gasteiger partial charge >= 0.3 is 5.97 Å². The Bertz CT molecular complexity index is 936. The molecule has 2 heterocycles. The van der Waals surface area contributed by atoms with Gasteiger partial charge in [-0.3, -0.25) is 10.1 Å². The lowest BCUT2D eigenvalue weighted by Gasteiger charge is -2.00. The Balaban J connectivity index is 1.84. The highest BCUT2D eigenvalue weighted by molar-refractivity contribution is 7.22. The van der Waals surface area contributed by atoms with Crippen molar-refractivity contribution < 1.29 is 14.3 Å². The van der Waals surface area contributed by atoms with Crippen LogP contribution in [0.5, 0.6) is 0 Å². The molecule has 0 spiro atoms. The maximum atomic E-state index is 12.2. The first-order chi connectivity index (χ1) is 11.5. The molecule has 2 aromatic heterocycles. The number of carbonyl (C=O) groups excluding carboxylic acids is 2. The molecule has 1 amide bonds. The van der Waals surface area contributed by atoms with Crippen LogP contribution >= 0.6 is 45.9 Å². The van der Waals surface area contributed by atoms with Gasteiger partial charge in [0.2, 0.25) is 0 Å². The van der Waals surface area contributed by atoms with Crippen molar-refractivity contribution in [2.45, 2.75) is 6.92 Å². The maximum absolute atomic E-state index is 12.2. The second kappa shape index (κ2) is 7.06. The third-order valence-electron chi connectivity index (χ3n) is 3.02. The smallest absolute Gasteiger partial charge is 0.338 e. The number of ether oxygens (including phenoxy) is 1. The lowest BCUT2D eigenvalue weighted by molar-refractivity contribution is 0.0526. The molecule has 24 heavy (non-hydrogen) atoms. The van der Waals surface area contributed by atoms with Crippen molar-refractivity contribution in [1.29, 1.82) is 0 Å². The van der Waals surface area contributed by atoms with Gasteiger partial charge in [0.25, 0.3) is 5.91 Å². The minimum absolute atomic E-state index is 0.304. The van der Waals surface area contributed by atoms with Crippen LogP contribution in [0.25, 0.3) is 10.2 Å². The summed E-state index contributed by atoms with van der Waals surface area (Å²) in [6, 6.07) is 6.55. The molecule has 0 saturated heterocycles. The van der Waals surface area contributed by atoms with Crippen molar-refractivity contribution >= 4 is 73.1 Å². The summed E-state index contributed by atoms with van der Waals surface area (Å²) >= 11 is 14.2. The summed E-state index contributed by atoms with van der Waals surface area (Å²) in [4.78, 5) is 28.3. The number of rotatable bonds is 4. The van der Waals surface area contributed by atoms with Crippen molar-refractivity contribution in [2.75, 3.05) is 11.9 Å². The van der Waals surface area contributed by atoms with Crippen LogP contribution in [-0.4, -0.2) is 23.5 Å². The number of hydrogen-bond donors (Lipinski definition) is 1. The number of fused-ring (bicyclic) bond motifs is 1. The molecule has 0 bridgehead atoms. The van der Waals surface area contributed by atoms with E-state index in [1.165, 1.54) is 17.4 Å². The molecular formula is C15H10Cl2N2O3S2. The van der Waals surface area contributed by atoms with Crippen LogP contribution in [0, 0.1) is 0 Å². The van der Waals surface area contributed by atoms with Gasteiger partial charge in [-0.05, 0) is 31.2 Å². The summed E-state index contributed by atoms with van der Waals surface area (Å²) in [6.45, 7) is 2.06. The van der Waals surface area contributed by atoms with Gasteiger partial charge in [-0.25, -0.2) is 9.78 Å². The van der Waals surface area contributed by atoms with Gasteiger partial charge < -0.3 is 4.74 Å². The Morgan fingerprint density at radius 3 is 2.71 bits per heavy atom. The number of thiazole rings is 1. The van der Waals surface area contributed by atoms with Crippen LogP contribution in [0.2, 0.25) is 8.67 Å². The number of thiophene rings is 1. The average Bonchev–Trinajstić information content (AvgIpc) is 3.08. The number of anilines is 1. The van der Waals surface area contributed by atoms with E-state index in [9.17, 15) is 9.59 Å². The van der Waals surface area contributed by atoms with E-state index in [-0.39, 0.29) is 5.91 Å². The molecule has 1 aromatic carbocycles. The van der Waals surface area contributed by atoms with E-state index >= 15 is 0 Å². The molecule has 0 atom stereocenters. The number of hydrogen-bond acceptors (Lipinski definition) is 6. The summed E-state index contributed by atoms with van der Waals surface area (Å²) in [5.74, 6) is -0.772. The topological polar surface area (TPSA) is 68.3 Å². The summed E-state index contributed by atoms with van der Waals surface area (Å²) in [5, 5.41) is 3.10. The number of benzene rings is 1. The molecule has 0 unspecified atom stereocenters. The molecule has 0 aliphatic heterocycles. The fourth-order valence-corrected chi connectivity index (χ4v) is 4.34. The highest BCUT2D eigenvalue weighted by Crippen LogP contribution is 2.32. The van der Waals surface area contributed by atoms with E-state index in [0.29, 0.717) is 37.1 Å². The van der Waals surface area contributed by atoms with Gasteiger partial charge in [-0.15, -0.1) is 11.3 Å². The van der Waals surface area contributed by atoms with Crippen molar-refractivity contribution in [3.05, 3.63) is 44.1 Å². The molecule has 9 heteroatoms. The SMILES string of the molecule is CCOC(=O)c1ccc2nc(NC(=O)c3cc(Cl)sc3Cl)sc2c1. The Morgan fingerprint density at radius 2 is 2.04 bits per heavy atom. The number of nitrogens with zero attached hydrogens (tertiary/aromatic N) is 1. The molecule has 124 valence electrons. The van der Waals surface area contributed by atoms with E-state index in [4.69, 9.17) is 27.9 Å². The van der Waals surface area contributed by atoms with E-state index in [1.54, 1.807) is 25.1 Å². The molecular weight excluding hydrogens is 391 g/mol. The second-order valence-electron chi connectivity index (χ2n) is 4.61. The zero-order valence-electron chi connectivity index (χ0n) is 12.3. The maximum Gasteiger partial charge on any atom is 0.338 e. The highest BCUT2D eigenvalue weighted by Gasteiger charge is 2.16. The van der Waals surface area contributed by atoms with E-state index < -0.39 is 5.97 Å². The van der Waals surface area contributed by atoms with Crippen LogP contribution in [0.15, 0.2) is 24.3 Å². The quantitative estimate of drug-likeness (QED) is 0.618. The summed E-state index contributed by atoms with van der Waals surface area (Å²) in [7, 11) is 0. The third-order valence-corrected chi connectivity index (χ3v) is 5.44. The lowest BCUT2D eigenvalue weighted by Crippen LogP contribution is -2.10. The van der Waals surface area contributed by atoms with Crippen molar-refractivity contribution in [2.24, 2.45) is 0 Å². The fraction of sp³-hybridized carbons (Fsp3) is 0.133. The van der Waals surface area contributed by atoms with Crippen molar-refractivity contribution in [3.63, 3.8) is 0 Å². The molecule has 3 rings (SSSR count). The third kappa shape index (κ3) is 3.54.